The lowest BCUT2D eigenvalue weighted by molar-refractivity contribution is 0.563. The second-order valence-corrected chi connectivity index (χ2v) is 7.88. The second-order valence-electron chi connectivity index (χ2n) is 5.41. The van der Waals surface area contributed by atoms with Crippen molar-refractivity contribution in [2.45, 2.75) is 10.9 Å². The molecule has 0 spiro atoms. The van der Waals surface area contributed by atoms with E-state index in [0.29, 0.717) is 5.82 Å². The third-order valence-electron chi connectivity index (χ3n) is 3.71. The van der Waals surface area contributed by atoms with Crippen LogP contribution in [0, 0.1) is 0 Å². The number of halogens is 2. The summed E-state index contributed by atoms with van der Waals surface area (Å²) in [5.74, 6) is 0.554. The van der Waals surface area contributed by atoms with Gasteiger partial charge < -0.3 is 4.57 Å². The molecule has 0 radical (unpaired) electrons. The Morgan fingerprint density at radius 2 is 1.68 bits per heavy atom. The zero-order chi connectivity index (χ0) is 18.0. The van der Waals surface area contributed by atoms with Gasteiger partial charge in [-0.25, -0.2) is 13.4 Å². The largest absolute Gasteiger partial charge is 0.336 e. The Bertz CT molecular complexity index is 968. The Kier molecular flexibility index (Phi) is 5.15. The summed E-state index contributed by atoms with van der Waals surface area (Å²) in [5.41, 5.74) is 0.753. The van der Waals surface area contributed by atoms with Gasteiger partial charge in [-0.3, -0.25) is 0 Å². The van der Waals surface area contributed by atoms with E-state index in [0.717, 1.165) is 5.56 Å². The Morgan fingerprint density at radius 3 is 2.24 bits per heavy atom. The molecule has 1 aromatic heterocycles. The molecule has 5 nitrogen and oxygen atoms in total. The summed E-state index contributed by atoms with van der Waals surface area (Å²) in [6.07, 6.45) is 3.37. The smallest absolute Gasteiger partial charge is 0.244 e. The molecule has 3 aromatic rings. The van der Waals surface area contributed by atoms with E-state index < -0.39 is 16.1 Å². The maximum atomic E-state index is 12.9. The van der Waals surface area contributed by atoms with Gasteiger partial charge in [0.1, 0.15) is 16.8 Å². The lowest BCUT2D eigenvalue weighted by atomic mass is 10.1. The average molecular weight is 396 g/mol. The minimum Gasteiger partial charge on any atom is -0.336 e. The van der Waals surface area contributed by atoms with Gasteiger partial charge >= 0.3 is 0 Å². The normalized spacial score (nSPS) is 12.9. The third-order valence-corrected chi connectivity index (χ3v) is 6.09. The number of hydrogen-bond acceptors (Lipinski definition) is 3. The first-order chi connectivity index (χ1) is 11.9. The fourth-order valence-electron chi connectivity index (χ4n) is 2.52. The Hall–Kier alpha value is -1.86. The van der Waals surface area contributed by atoms with Crippen LogP contribution in [-0.4, -0.2) is 18.0 Å². The summed E-state index contributed by atoms with van der Waals surface area (Å²) < 4.78 is 30.3. The molecule has 1 unspecified atom stereocenters. The van der Waals surface area contributed by atoms with Gasteiger partial charge in [0.05, 0.1) is 10.0 Å². The topological polar surface area (TPSA) is 64.0 Å². The van der Waals surface area contributed by atoms with E-state index in [-0.39, 0.29) is 14.9 Å². The lowest BCUT2D eigenvalue weighted by Gasteiger charge is -2.20. The van der Waals surface area contributed by atoms with Crippen molar-refractivity contribution in [3.8, 4) is 0 Å². The monoisotopic (exact) mass is 395 g/mol. The van der Waals surface area contributed by atoms with Gasteiger partial charge in [0, 0.05) is 19.4 Å². The van der Waals surface area contributed by atoms with E-state index >= 15 is 0 Å². The van der Waals surface area contributed by atoms with Crippen LogP contribution in [0.5, 0.6) is 0 Å². The third kappa shape index (κ3) is 3.72. The number of rotatable bonds is 5. The van der Waals surface area contributed by atoms with Crippen LogP contribution in [0.1, 0.15) is 17.4 Å². The van der Waals surface area contributed by atoms with Gasteiger partial charge in [-0.15, -0.1) is 0 Å². The summed E-state index contributed by atoms with van der Waals surface area (Å²) in [7, 11) is -2.18. The highest BCUT2D eigenvalue weighted by Crippen LogP contribution is 2.31. The standard InChI is InChI=1S/C17H15Cl2N3O2S/c1-22-11-10-20-17(22)15(12-6-3-2-4-7-12)21-25(23,24)16-13(18)8-5-9-14(16)19/h2-11,15,21H,1H3. The number of hydrogen-bond donors (Lipinski definition) is 1. The first-order valence-corrected chi connectivity index (χ1v) is 9.62. The molecule has 1 N–H and O–H groups in total. The first-order valence-electron chi connectivity index (χ1n) is 7.38. The molecule has 0 aliphatic rings. The maximum Gasteiger partial charge on any atom is 0.244 e. The molecule has 0 bridgehead atoms. The summed E-state index contributed by atoms with van der Waals surface area (Å²) in [6, 6.07) is 13.1. The zero-order valence-corrected chi connectivity index (χ0v) is 15.6. The van der Waals surface area contributed by atoms with Crippen molar-refractivity contribution in [3.63, 3.8) is 0 Å². The Balaban J connectivity index is 2.08. The average Bonchev–Trinajstić information content (AvgIpc) is 2.99. The fraction of sp³-hybridized carbons (Fsp3) is 0.118. The minimum absolute atomic E-state index is 0.0617. The maximum absolute atomic E-state index is 12.9. The number of imidazole rings is 1. The Labute approximate surface area is 156 Å². The van der Waals surface area contributed by atoms with E-state index in [9.17, 15) is 8.42 Å². The number of benzene rings is 2. The molecule has 3 rings (SSSR count). The molecule has 2 aromatic carbocycles. The van der Waals surface area contributed by atoms with Crippen molar-refractivity contribution in [1.82, 2.24) is 14.3 Å². The minimum atomic E-state index is -3.98. The summed E-state index contributed by atoms with van der Waals surface area (Å²) in [4.78, 5) is 4.14. The Morgan fingerprint density at radius 1 is 1.04 bits per heavy atom. The van der Waals surface area contributed by atoms with Crippen molar-refractivity contribution in [2.75, 3.05) is 0 Å². The molecule has 0 saturated carbocycles. The van der Waals surface area contributed by atoms with Crippen molar-refractivity contribution in [1.29, 1.82) is 0 Å². The summed E-state index contributed by atoms with van der Waals surface area (Å²) >= 11 is 12.2. The van der Waals surface area contributed by atoms with Crippen molar-refractivity contribution in [3.05, 3.63) is 82.4 Å². The summed E-state index contributed by atoms with van der Waals surface area (Å²) in [6.45, 7) is 0. The SMILES string of the molecule is Cn1ccnc1C(NS(=O)(=O)c1c(Cl)cccc1Cl)c1ccccc1. The zero-order valence-electron chi connectivity index (χ0n) is 13.2. The van der Waals surface area contributed by atoms with Crippen LogP contribution in [0.4, 0.5) is 0 Å². The van der Waals surface area contributed by atoms with Gasteiger partial charge in [0.2, 0.25) is 10.0 Å². The number of nitrogens with one attached hydrogen (secondary N) is 1. The quantitative estimate of drug-likeness (QED) is 0.714. The van der Waals surface area contributed by atoms with Crippen molar-refractivity contribution < 1.29 is 8.42 Å². The molecule has 0 amide bonds. The molecule has 0 aliphatic carbocycles. The van der Waals surface area contributed by atoms with E-state index in [1.165, 1.54) is 12.1 Å². The first kappa shape index (κ1) is 17.9. The van der Waals surface area contributed by atoms with Crippen LogP contribution < -0.4 is 4.72 Å². The number of aromatic nitrogens is 2. The van der Waals surface area contributed by atoms with Crippen LogP contribution in [0.2, 0.25) is 10.0 Å². The van der Waals surface area contributed by atoms with E-state index in [4.69, 9.17) is 23.2 Å². The molecule has 25 heavy (non-hydrogen) atoms. The molecular weight excluding hydrogens is 381 g/mol. The predicted octanol–water partition coefficient (Wildman–Crippen LogP) is 3.79. The van der Waals surface area contributed by atoms with Crippen LogP contribution in [0.15, 0.2) is 65.8 Å². The van der Waals surface area contributed by atoms with Gasteiger partial charge in [-0.1, -0.05) is 59.6 Å². The molecule has 0 aliphatic heterocycles. The fourth-order valence-corrected chi connectivity index (χ4v) is 4.85. The van der Waals surface area contributed by atoms with E-state index in [1.54, 1.807) is 30.1 Å². The molecule has 130 valence electrons. The second kappa shape index (κ2) is 7.17. The molecule has 8 heteroatoms. The van der Waals surface area contributed by atoms with Gasteiger partial charge in [-0.2, -0.15) is 4.72 Å². The highest BCUT2D eigenvalue weighted by atomic mass is 35.5. The van der Waals surface area contributed by atoms with Gasteiger partial charge in [0.15, 0.2) is 0 Å². The van der Waals surface area contributed by atoms with Crippen LogP contribution in [-0.2, 0) is 17.1 Å². The van der Waals surface area contributed by atoms with Crippen LogP contribution >= 0.6 is 23.2 Å². The van der Waals surface area contributed by atoms with Gasteiger partial charge in [0.25, 0.3) is 0 Å². The predicted molar refractivity (Wildman–Crippen MR) is 98.3 cm³/mol. The van der Waals surface area contributed by atoms with Gasteiger partial charge in [-0.05, 0) is 17.7 Å². The van der Waals surface area contributed by atoms with Crippen LogP contribution in [0.3, 0.4) is 0 Å². The number of nitrogens with zero attached hydrogens (tertiary/aromatic N) is 2. The number of sulfonamides is 1. The molecule has 0 saturated heterocycles. The highest BCUT2D eigenvalue weighted by molar-refractivity contribution is 7.89. The lowest BCUT2D eigenvalue weighted by Crippen LogP contribution is -2.31. The highest BCUT2D eigenvalue weighted by Gasteiger charge is 2.28. The van der Waals surface area contributed by atoms with E-state index in [2.05, 4.69) is 9.71 Å². The molecular formula is C17H15Cl2N3O2S. The van der Waals surface area contributed by atoms with E-state index in [1.807, 2.05) is 30.3 Å². The summed E-state index contributed by atoms with van der Waals surface area (Å²) in [5, 5.41) is 0.123. The molecule has 1 heterocycles. The molecule has 0 fully saturated rings. The van der Waals surface area contributed by atoms with Crippen molar-refractivity contribution >= 4 is 33.2 Å². The van der Waals surface area contributed by atoms with Crippen LogP contribution in [0.25, 0.3) is 0 Å². The van der Waals surface area contributed by atoms with Crippen molar-refractivity contribution in [2.24, 2.45) is 7.05 Å². The number of aryl methyl sites for hydroxylation is 1. The molecule has 1 atom stereocenters.